The Labute approximate surface area is 183 Å². The van der Waals surface area contributed by atoms with Gasteiger partial charge in [0.1, 0.15) is 5.75 Å². The van der Waals surface area contributed by atoms with Crippen molar-refractivity contribution in [2.75, 3.05) is 18.1 Å². The number of ether oxygens (including phenoxy) is 1. The molecule has 0 saturated heterocycles. The maximum atomic E-state index is 13.8. The van der Waals surface area contributed by atoms with Crippen molar-refractivity contribution in [3.63, 3.8) is 0 Å². The number of amides is 1. The normalized spacial score (nSPS) is 11.2. The number of benzene rings is 1. The molecular formula is C24H29N5O2. The summed E-state index contributed by atoms with van der Waals surface area (Å²) in [6.45, 7) is 11.0. The first-order valence-corrected chi connectivity index (χ1v) is 10.7. The van der Waals surface area contributed by atoms with Crippen molar-refractivity contribution in [2.24, 2.45) is 0 Å². The Bertz CT molecular complexity index is 1090. The van der Waals surface area contributed by atoms with Crippen molar-refractivity contribution < 1.29 is 9.53 Å². The number of rotatable bonds is 8. The smallest absolute Gasteiger partial charge is 0.259 e. The first kappa shape index (κ1) is 22.3. The van der Waals surface area contributed by atoms with Gasteiger partial charge in [-0.3, -0.25) is 4.79 Å². The van der Waals surface area contributed by atoms with Gasteiger partial charge in [-0.2, -0.15) is 10.4 Å². The molecule has 162 valence electrons. The first-order chi connectivity index (χ1) is 14.9. The molecule has 0 aliphatic rings. The number of nitriles is 1. The second-order valence-electron chi connectivity index (χ2n) is 7.96. The zero-order valence-electron chi connectivity index (χ0n) is 18.8. The Hall–Kier alpha value is -3.40. The summed E-state index contributed by atoms with van der Waals surface area (Å²) >= 11 is 0. The van der Waals surface area contributed by atoms with Crippen LogP contribution in [-0.2, 0) is 0 Å². The molecule has 1 aromatic carbocycles. The third-order valence-corrected chi connectivity index (χ3v) is 5.05. The predicted octanol–water partition coefficient (Wildman–Crippen LogP) is 5.09. The molecule has 2 aromatic heterocycles. The van der Waals surface area contributed by atoms with Crippen LogP contribution in [0.1, 0.15) is 69.1 Å². The van der Waals surface area contributed by atoms with Crippen LogP contribution in [0, 0.1) is 11.3 Å². The Balaban J connectivity index is 2.11. The van der Waals surface area contributed by atoms with Crippen LogP contribution in [0.15, 0.2) is 36.5 Å². The number of hydrogen-bond acceptors (Lipinski definition) is 5. The van der Waals surface area contributed by atoms with E-state index in [1.165, 1.54) is 0 Å². The minimum absolute atomic E-state index is 0.121. The number of carbonyl (C=O) groups excluding carboxylic acids is 1. The second-order valence-corrected chi connectivity index (χ2v) is 7.96. The second kappa shape index (κ2) is 9.61. The summed E-state index contributed by atoms with van der Waals surface area (Å²) in [7, 11) is 0. The average molecular weight is 420 g/mol. The summed E-state index contributed by atoms with van der Waals surface area (Å²) < 4.78 is 7.36. The van der Waals surface area contributed by atoms with E-state index in [9.17, 15) is 4.79 Å². The van der Waals surface area contributed by atoms with Gasteiger partial charge in [-0.1, -0.05) is 13.8 Å². The van der Waals surface area contributed by atoms with E-state index >= 15 is 0 Å². The van der Waals surface area contributed by atoms with E-state index in [1.807, 2.05) is 55.8 Å². The summed E-state index contributed by atoms with van der Waals surface area (Å²) in [6.07, 6.45) is 1.94. The van der Waals surface area contributed by atoms with Crippen LogP contribution in [0.25, 0.3) is 11.0 Å². The number of nitrogens with zero attached hydrogens (tertiary/aromatic N) is 5. The zero-order chi connectivity index (χ0) is 22.5. The van der Waals surface area contributed by atoms with E-state index in [0.29, 0.717) is 24.4 Å². The minimum atomic E-state index is -0.169. The van der Waals surface area contributed by atoms with Crippen LogP contribution < -0.4 is 9.64 Å². The first-order valence-electron chi connectivity index (χ1n) is 10.7. The molecule has 7 heteroatoms. The number of carbonyl (C=O) groups is 1. The quantitative estimate of drug-likeness (QED) is 0.507. The minimum Gasteiger partial charge on any atom is -0.494 e. The van der Waals surface area contributed by atoms with E-state index in [1.54, 1.807) is 11.1 Å². The van der Waals surface area contributed by atoms with Crippen molar-refractivity contribution in [3.05, 3.63) is 47.8 Å². The van der Waals surface area contributed by atoms with Crippen molar-refractivity contribution in [3.8, 4) is 11.8 Å². The fourth-order valence-electron chi connectivity index (χ4n) is 3.43. The van der Waals surface area contributed by atoms with Gasteiger partial charge in [0.25, 0.3) is 5.91 Å². The lowest BCUT2D eigenvalue weighted by molar-refractivity contribution is 0.0989. The number of aromatic nitrogens is 3. The van der Waals surface area contributed by atoms with Crippen molar-refractivity contribution in [1.29, 1.82) is 5.26 Å². The van der Waals surface area contributed by atoms with Gasteiger partial charge >= 0.3 is 0 Å². The molecule has 0 fully saturated rings. The fraction of sp³-hybridized carbons (Fsp3) is 0.417. The molecule has 0 atom stereocenters. The molecule has 3 aromatic rings. The van der Waals surface area contributed by atoms with Crippen LogP contribution in [-0.4, -0.2) is 33.8 Å². The van der Waals surface area contributed by atoms with E-state index in [2.05, 4.69) is 25.0 Å². The molecule has 0 radical (unpaired) electrons. The van der Waals surface area contributed by atoms with E-state index in [0.717, 1.165) is 22.5 Å². The summed E-state index contributed by atoms with van der Waals surface area (Å²) in [5.74, 6) is 0.729. The zero-order valence-corrected chi connectivity index (χ0v) is 18.8. The van der Waals surface area contributed by atoms with Gasteiger partial charge in [0.05, 0.1) is 36.2 Å². The Kier molecular flexibility index (Phi) is 6.91. The van der Waals surface area contributed by atoms with Gasteiger partial charge in [0, 0.05) is 24.0 Å². The Morgan fingerprint density at radius 2 is 1.94 bits per heavy atom. The Morgan fingerprint density at radius 1 is 1.23 bits per heavy atom. The highest BCUT2D eigenvalue weighted by Crippen LogP contribution is 2.28. The molecule has 0 N–H and O–H groups in total. The van der Waals surface area contributed by atoms with E-state index in [-0.39, 0.29) is 24.3 Å². The number of fused-ring (bicyclic) bond motifs is 1. The van der Waals surface area contributed by atoms with Gasteiger partial charge in [0.2, 0.25) is 0 Å². The highest BCUT2D eigenvalue weighted by atomic mass is 16.5. The topological polar surface area (TPSA) is 84.0 Å². The van der Waals surface area contributed by atoms with Crippen molar-refractivity contribution >= 4 is 22.6 Å². The van der Waals surface area contributed by atoms with Gasteiger partial charge in [-0.25, -0.2) is 9.67 Å². The third kappa shape index (κ3) is 4.69. The number of pyridine rings is 1. The molecule has 1 amide bonds. The molecule has 31 heavy (non-hydrogen) atoms. The SMILES string of the molecule is CCOc1ccc(N(CCC#N)C(=O)c2cc(C(C)C)nc3c2cnn3C(C)C)cc1. The molecule has 0 saturated carbocycles. The van der Waals surface area contributed by atoms with Gasteiger partial charge < -0.3 is 9.64 Å². The number of hydrogen-bond donors (Lipinski definition) is 0. The van der Waals surface area contributed by atoms with Crippen molar-refractivity contribution in [1.82, 2.24) is 14.8 Å². The molecule has 3 rings (SSSR count). The van der Waals surface area contributed by atoms with Crippen LogP contribution in [0.5, 0.6) is 5.75 Å². The van der Waals surface area contributed by atoms with E-state index < -0.39 is 0 Å². The largest absolute Gasteiger partial charge is 0.494 e. The fourth-order valence-corrected chi connectivity index (χ4v) is 3.43. The molecule has 0 bridgehead atoms. The van der Waals surface area contributed by atoms with Crippen molar-refractivity contribution in [2.45, 2.75) is 53.0 Å². The highest BCUT2D eigenvalue weighted by Gasteiger charge is 2.24. The highest BCUT2D eigenvalue weighted by molar-refractivity contribution is 6.13. The van der Waals surface area contributed by atoms with E-state index in [4.69, 9.17) is 15.0 Å². The summed E-state index contributed by atoms with van der Waals surface area (Å²) in [6, 6.07) is 11.5. The predicted molar refractivity (Wildman–Crippen MR) is 122 cm³/mol. The molecule has 0 aliphatic heterocycles. The van der Waals surface area contributed by atoms with Gasteiger partial charge in [-0.05, 0) is 57.0 Å². The summed E-state index contributed by atoms with van der Waals surface area (Å²) in [5.41, 5.74) is 2.81. The van der Waals surface area contributed by atoms with Crippen LogP contribution in [0.3, 0.4) is 0 Å². The Morgan fingerprint density at radius 3 is 2.52 bits per heavy atom. The maximum absolute atomic E-state index is 13.8. The molecular weight excluding hydrogens is 390 g/mol. The lowest BCUT2D eigenvalue weighted by Crippen LogP contribution is -2.32. The monoisotopic (exact) mass is 419 g/mol. The molecule has 2 heterocycles. The average Bonchev–Trinajstić information content (AvgIpc) is 3.18. The molecule has 0 aliphatic carbocycles. The van der Waals surface area contributed by atoms with Gasteiger partial charge in [0.15, 0.2) is 5.65 Å². The maximum Gasteiger partial charge on any atom is 0.259 e. The molecule has 0 spiro atoms. The molecule has 0 unspecified atom stereocenters. The standard InChI is InChI=1S/C24H29N5O2/c1-6-31-19-10-8-18(9-11-19)28(13-7-12-25)24(30)20-14-22(16(2)3)27-23-21(20)15-26-29(23)17(4)5/h8-11,14-17H,6-7,13H2,1-5H3. The lowest BCUT2D eigenvalue weighted by Gasteiger charge is -2.23. The third-order valence-electron chi connectivity index (χ3n) is 5.05. The molecule has 7 nitrogen and oxygen atoms in total. The van der Waals surface area contributed by atoms with Crippen LogP contribution >= 0.6 is 0 Å². The van der Waals surface area contributed by atoms with Gasteiger partial charge in [-0.15, -0.1) is 0 Å². The number of anilines is 1. The lowest BCUT2D eigenvalue weighted by atomic mass is 10.0. The summed E-state index contributed by atoms with van der Waals surface area (Å²) in [4.78, 5) is 20.2. The summed E-state index contributed by atoms with van der Waals surface area (Å²) in [5, 5.41) is 14.3. The van der Waals surface area contributed by atoms with Crippen LogP contribution in [0.4, 0.5) is 5.69 Å². The van der Waals surface area contributed by atoms with Crippen LogP contribution in [0.2, 0.25) is 0 Å².